The van der Waals surface area contributed by atoms with Crippen molar-refractivity contribution in [2.24, 2.45) is 5.73 Å². The van der Waals surface area contributed by atoms with Crippen molar-refractivity contribution in [3.63, 3.8) is 0 Å². The lowest BCUT2D eigenvalue weighted by molar-refractivity contribution is -0.141. The maximum Gasteiger partial charge on any atom is 0.435 e. The highest BCUT2D eigenvalue weighted by atomic mass is 19.4. The third kappa shape index (κ3) is 3.49. The van der Waals surface area contributed by atoms with Crippen LogP contribution in [0.15, 0.2) is 48.5 Å². The van der Waals surface area contributed by atoms with Crippen LogP contribution in [-0.2, 0) is 12.6 Å². The maximum atomic E-state index is 13.7. The number of ether oxygens (including phenoxy) is 1. The van der Waals surface area contributed by atoms with Crippen molar-refractivity contribution in [2.45, 2.75) is 12.6 Å². The summed E-state index contributed by atoms with van der Waals surface area (Å²) < 4.78 is 47.1. The Morgan fingerprint density at radius 1 is 1.16 bits per heavy atom. The zero-order valence-corrected chi connectivity index (χ0v) is 16.3. The number of primary amides is 1. The maximum absolute atomic E-state index is 13.7. The van der Waals surface area contributed by atoms with E-state index in [4.69, 9.17) is 10.5 Å². The van der Waals surface area contributed by atoms with E-state index in [2.05, 4.69) is 5.10 Å². The van der Waals surface area contributed by atoms with Gasteiger partial charge >= 0.3 is 6.18 Å². The Balaban J connectivity index is 1.95. The van der Waals surface area contributed by atoms with Gasteiger partial charge in [0.05, 0.1) is 18.4 Å². The van der Waals surface area contributed by atoms with Crippen LogP contribution in [0.5, 0.6) is 5.75 Å². The van der Waals surface area contributed by atoms with Gasteiger partial charge in [-0.05, 0) is 36.8 Å². The molecule has 10 heteroatoms. The summed E-state index contributed by atoms with van der Waals surface area (Å²) in [5, 5.41) is 3.71. The number of para-hydroxylation sites is 1. The number of hydrogen-bond donors (Lipinski definition) is 1. The van der Waals surface area contributed by atoms with E-state index >= 15 is 0 Å². The Hall–Kier alpha value is -3.82. The average molecular weight is 430 g/mol. The minimum atomic E-state index is -4.77. The van der Waals surface area contributed by atoms with Gasteiger partial charge in [-0.1, -0.05) is 18.2 Å². The molecule has 0 fully saturated rings. The van der Waals surface area contributed by atoms with Gasteiger partial charge in [0.1, 0.15) is 11.4 Å². The summed E-state index contributed by atoms with van der Waals surface area (Å²) in [6.07, 6.45) is -4.82. The van der Waals surface area contributed by atoms with Crippen molar-refractivity contribution >= 4 is 17.5 Å². The van der Waals surface area contributed by atoms with E-state index in [1.54, 1.807) is 30.3 Å². The van der Waals surface area contributed by atoms with Crippen LogP contribution in [0.3, 0.4) is 0 Å². The van der Waals surface area contributed by atoms with Crippen LogP contribution in [0, 0.1) is 0 Å². The quantitative estimate of drug-likeness (QED) is 0.688. The first-order valence-electron chi connectivity index (χ1n) is 9.26. The van der Waals surface area contributed by atoms with Gasteiger partial charge in [-0.3, -0.25) is 9.59 Å². The number of methoxy groups -OCH3 is 1. The van der Waals surface area contributed by atoms with Gasteiger partial charge in [0.25, 0.3) is 11.8 Å². The van der Waals surface area contributed by atoms with Crippen LogP contribution in [0.4, 0.5) is 18.9 Å². The lowest BCUT2D eigenvalue weighted by atomic mass is 10.0. The van der Waals surface area contributed by atoms with Crippen molar-refractivity contribution in [1.82, 2.24) is 9.78 Å². The van der Waals surface area contributed by atoms with Gasteiger partial charge in [0.2, 0.25) is 0 Å². The van der Waals surface area contributed by atoms with Crippen molar-refractivity contribution in [1.29, 1.82) is 0 Å². The number of hydrogen-bond acceptors (Lipinski definition) is 4. The molecule has 0 aliphatic carbocycles. The van der Waals surface area contributed by atoms with Crippen LogP contribution < -0.4 is 15.4 Å². The second kappa shape index (κ2) is 7.46. The van der Waals surface area contributed by atoms with Crippen molar-refractivity contribution in [3.05, 3.63) is 71.0 Å². The molecule has 0 saturated carbocycles. The first kappa shape index (κ1) is 20.5. The van der Waals surface area contributed by atoms with E-state index < -0.39 is 23.7 Å². The molecular formula is C21H17F3N4O3. The predicted molar refractivity (Wildman–Crippen MR) is 105 cm³/mol. The molecular weight excluding hydrogens is 413 g/mol. The van der Waals surface area contributed by atoms with Crippen LogP contribution in [0.2, 0.25) is 0 Å². The molecule has 0 spiro atoms. The molecule has 7 nitrogen and oxygen atoms in total. The number of alkyl halides is 3. The van der Waals surface area contributed by atoms with Gasteiger partial charge < -0.3 is 15.4 Å². The third-order valence-corrected chi connectivity index (χ3v) is 5.05. The number of carbonyl (C=O) groups is 2. The number of benzene rings is 2. The van der Waals surface area contributed by atoms with Crippen LogP contribution in [0.1, 0.15) is 32.1 Å². The van der Waals surface area contributed by atoms with Gasteiger partial charge in [0, 0.05) is 17.8 Å². The number of rotatable bonds is 4. The Bertz CT molecular complexity index is 1170. The lowest BCUT2D eigenvalue weighted by Gasteiger charge is -2.28. The minimum Gasteiger partial charge on any atom is -0.497 e. The zero-order valence-electron chi connectivity index (χ0n) is 16.3. The molecule has 0 bridgehead atoms. The summed E-state index contributed by atoms with van der Waals surface area (Å²) in [6.45, 7) is 0.0654. The monoisotopic (exact) mass is 430 g/mol. The van der Waals surface area contributed by atoms with E-state index in [-0.39, 0.29) is 41.2 Å². The number of nitrogens with two attached hydrogens (primary N) is 1. The molecule has 1 aromatic heterocycles. The van der Waals surface area contributed by atoms with Crippen molar-refractivity contribution < 1.29 is 27.5 Å². The summed E-state index contributed by atoms with van der Waals surface area (Å²) in [5.74, 6) is -1.26. The number of amides is 2. The van der Waals surface area contributed by atoms with Gasteiger partial charge in [-0.2, -0.15) is 18.3 Å². The highest BCUT2D eigenvalue weighted by Crippen LogP contribution is 2.37. The normalized spacial score (nSPS) is 13.8. The Labute approximate surface area is 174 Å². The van der Waals surface area contributed by atoms with E-state index in [0.29, 0.717) is 5.69 Å². The summed E-state index contributed by atoms with van der Waals surface area (Å²) >= 11 is 0. The molecule has 0 saturated heterocycles. The third-order valence-electron chi connectivity index (χ3n) is 5.05. The molecule has 2 amide bonds. The number of carbonyl (C=O) groups excluding carboxylic acids is 2. The summed E-state index contributed by atoms with van der Waals surface area (Å²) in [6, 6.07) is 12.7. The molecule has 1 aliphatic heterocycles. The van der Waals surface area contributed by atoms with Crippen molar-refractivity contribution in [3.8, 4) is 11.4 Å². The fourth-order valence-corrected chi connectivity index (χ4v) is 3.64. The van der Waals surface area contributed by atoms with Gasteiger partial charge in [-0.15, -0.1) is 0 Å². The Kier molecular flexibility index (Phi) is 4.92. The van der Waals surface area contributed by atoms with Crippen LogP contribution >= 0.6 is 0 Å². The minimum absolute atomic E-state index is 0.0386. The summed E-state index contributed by atoms with van der Waals surface area (Å²) in [5.41, 5.74) is 4.20. The first-order valence-corrected chi connectivity index (χ1v) is 9.26. The fraction of sp³-hybridized carbons (Fsp3) is 0.190. The van der Waals surface area contributed by atoms with Gasteiger partial charge in [0.15, 0.2) is 5.69 Å². The topological polar surface area (TPSA) is 90.5 Å². The second-order valence-electron chi connectivity index (χ2n) is 6.87. The summed E-state index contributed by atoms with van der Waals surface area (Å²) in [7, 11) is 1.37. The standard InChI is InChI=1S/C21H17F3N4O3/c1-31-13-7-8-16(15(11-13)19(25)29)28-17-14(18(26-28)21(22,23)24)9-10-27(20(17)30)12-5-3-2-4-6-12/h2-8,11H,9-10H2,1H3,(H2,25,29). The molecule has 1 aliphatic rings. The van der Waals surface area contributed by atoms with E-state index in [1.165, 1.54) is 30.2 Å². The number of nitrogens with zero attached hydrogens (tertiary/aromatic N) is 3. The largest absolute Gasteiger partial charge is 0.497 e. The number of fused-ring (bicyclic) bond motifs is 1. The number of aromatic nitrogens is 2. The Morgan fingerprint density at radius 3 is 2.48 bits per heavy atom. The first-order chi connectivity index (χ1) is 14.7. The van der Waals surface area contributed by atoms with E-state index in [9.17, 15) is 22.8 Å². The molecule has 3 aromatic rings. The van der Waals surface area contributed by atoms with Crippen LogP contribution in [-0.4, -0.2) is 35.2 Å². The molecule has 2 aromatic carbocycles. The Morgan fingerprint density at radius 2 is 1.87 bits per heavy atom. The van der Waals surface area contributed by atoms with E-state index in [1.807, 2.05) is 0 Å². The van der Waals surface area contributed by atoms with Crippen LogP contribution in [0.25, 0.3) is 5.69 Å². The zero-order chi connectivity index (χ0) is 22.3. The molecule has 2 N–H and O–H groups in total. The van der Waals surface area contributed by atoms with E-state index in [0.717, 1.165) is 4.68 Å². The lowest BCUT2D eigenvalue weighted by Crippen LogP contribution is -2.39. The highest BCUT2D eigenvalue weighted by molar-refractivity contribution is 6.08. The summed E-state index contributed by atoms with van der Waals surface area (Å²) in [4.78, 5) is 26.7. The molecule has 4 rings (SSSR count). The number of halogens is 3. The van der Waals surface area contributed by atoms with Gasteiger partial charge in [-0.25, -0.2) is 4.68 Å². The average Bonchev–Trinajstić information content (AvgIpc) is 3.15. The molecule has 0 radical (unpaired) electrons. The molecule has 31 heavy (non-hydrogen) atoms. The van der Waals surface area contributed by atoms with Crippen molar-refractivity contribution in [2.75, 3.05) is 18.6 Å². The highest BCUT2D eigenvalue weighted by Gasteiger charge is 2.43. The second-order valence-corrected chi connectivity index (χ2v) is 6.87. The predicted octanol–water partition coefficient (Wildman–Crippen LogP) is 3.20. The molecule has 2 heterocycles. The number of anilines is 1. The SMILES string of the molecule is COc1ccc(-n2nc(C(F)(F)F)c3c2C(=O)N(c2ccccc2)CC3)c(C(N)=O)c1. The molecule has 160 valence electrons. The smallest absolute Gasteiger partial charge is 0.435 e. The molecule has 0 unspecified atom stereocenters. The molecule has 0 atom stereocenters. The fourth-order valence-electron chi connectivity index (χ4n) is 3.64.